The summed E-state index contributed by atoms with van der Waals surface area (Å²) < 4.78 is 0. The number of rotatable bonds is 3. The number of aromatic amines is 1. The van der Waals surface area contributed by atoms with Crippen LogP contribution in [0, 0.1) is 0 Å². The molecule has 0 amide bonds. The summed E-state index contributed by atoms with van der Waals surface area (Å²) in [4.78, 5) is 13.3. The molecule has 1 aromatic heterocycles. The van der Waals surface area contributed by atoms with Gasteiger partial charge in [-0.2, -0.15) is 0 Å². The minimum absolute atomic E-state index is 0.151. The summed E-state index contributed by atoms with van der Waals surface area (Å²) >= 11 is 0. The maximum atomic E-state index is 10.5. The highest BCUT2D eigenvalue weighted by molar-refractivity contribution is 5.85. The minimum atomic E-state index is -0.926. The van der Waals surface area contributed by atoms with Gasteiger partial charge in [0.2, 0.25) is 0 Å². The first-order chi connectivity index (χ1) is 5.65. The van der Waals surface area contributed by atoms with Crippen LogP contribution in [-0.4, -0.2) is 23.1 Å². The molecule has 4 heteroatoms. The molecule has 1 rings (SSSR count). The van der Waals surface area contributed by atoms with Crippen molar-refractivity contribution in [3.8, 4) is 0 Å². The van der Waals surface area contributed by atoms with E-state index >= 15 is 0 Å². The van der Waals surface area contributed by atoms with Gasteiger partial charge in [-0.1, -0.05) is 0 Å². The first kappa shape index (κ1) is 8.80. The van der Waals surface area contributed by atoms with E-state index in [1.54, 1.807) is 12.1 Å². The highest BCUT2D eigenvalue weighted by Gasteiger charge is 2.08. The third kappa shape index (κ3) is 1.65. The molecule has 0 radical (unpaired) electrons. The van der Waals surface area contributed by atoms with Gasteiger partial charge in [0.25, 0.3) is 0 Å². The number of carboxylic acids is 1. The van der Waals surface area contributed by atoms with Crippen LogP contribution in [0.4, 0.5) is 0 Å². The van der Waals surface area contributed by atoms with Crippen LogP contribution >= 0.6 is 0 Å². The number of H-pyrrole nitrogens is 1. The second-order valence-electron chi connectivity index (χ2n) is 2.64. The summed E-state index contributed by atoms with van der Waals surface area (Å²) in [6.45, 7) is 1.96. The van der Waals surface area contributed by atoms with Gasteiger partial charge in [-0.3, -0.25) is 0 Å². The van der Waals surface area contributed by atoms with Crippen LogP contribution in [0.3, 0.4) is 0 Å². The number of aromatic nitrogens is 1. The van der Waals surface area contributed by atoms with Gasteiger partial charge in [0.05, 0.1) is 0 Å². The Bertz CT molecular complexity index is 280. The summed E-state index contributed by atoms with van der Waals surface area (Å²) in [6.07, 6.45) is 0. The zero-order chi connectivity index (χ0) is 9.14. The molecule has 3 N–H and O–H groups in total. The van der Waals surface area contributed by atoms with Crippen molar-refractivity contribution in [2.75, 3.05) is 7.05 Å². The molecule has 66 valence electrons. The van der Waals surface area contributed by atoms with E-state index in [2.05, 4.69) is 10.3 Å². The lowest BCUT2D eigenvalue weighted by Crippen LogP contribution is -2.12. The lowest BCUT2D eigenvalue weighted by atomic mass is 10.2. The summed E-state index contributed by atoms with van der Waals surface area (Å²) in [5.41, 5.74) is 1.11. The van der Waals surface area contributed by atoms with Crippen LogP contribution in [0.15, 0.2) is 12.1 Å². The Morgan fingerprint density at radius 1 is 1.67 bits per heavy atom. The van der Waals surface area contributed by atoms with E-state index in [9.17, 15) is 4.79 Å². The molecule has 1 aromatic rings. The van der Waals surface area contributed by atoms with Gasteiger partial charge >= 0.3 is 5.97 Å². The molecule has 4 nitrogen and oxygen atoms in total. The Balaban J connectivity index is 2.84. The topological polar surface area (TPSA) is 65.1 Å². The smallest absolute Gasteiger partial charge is 0.352 e. The highest BCUT2D eigenvalue weighted by atomic mass is 16.4. The van der Waals surface area contributed by atoms with Crippen LogP contribution < -0.4 is 5.32 Å². The van der Waals surface area contributed by atoms with Gasteiger partial charge in [-0.15, -0.1) is 0 Å². The maximum absolute atomic E-state index is 10.5. The molecule has 0 bridgehead atoms. The van der Waals surface area contributed by atoms with Gasteiger partial charge in [0, 0.05) is 11.7 Å². The fraction of sp³-hybridized carbons (Fsp3) is 0.375. The predicted octanol–water partition coefficient (Wildman–Crippen LogP) is 0.993. The van der Waals surface area contributed by atoms with Crippen molar-refractivity contribution in [1.29, 1.82) is 0 Å². The van der Waals surface area contributed by atoms with E-state index in [0.29, 0.717) is 0 Å². The predicted molar refractivity (Wildman–Crippen MR) is 45.2 cm³/mol. The molecule has 0 saturated heterocycles. The molecule has 0 fully saturated rings. The molecule has 0 spiro atoms. The molecule has 1 heterocycles. The van der Waals surface area contributed by atoms with Gasteiger partial charge in [0.15, 0.2) is 0 Å². The number of carboxylic acid groups (broad SMARTS) is 1. The van der Waals surface area contributed by atoms with Gasteiger partial charge in [-0.25, -0.2) is 4.79 Å². The number of hydrogen-bond donors (Lipinski definition) is 3. The molecule has 0 aromatic carbocycles. The van der Waals surface area contributed by atoms with Crippen LogP contribution in [0.2, 0.25) is 0 Å². The zero-order valence-electron chi connectivity index (χ0n) is 7.09. The van der Waals surface area contributed by atoms with E-state index in [0.717, 1.165) is 5.69 Å². The number of carbonyl (C=O) groups is 1. The Morgan fingerprint density at radius 3 is 2.75 bits per heavy atom. The molecule has 0 aliphatic carbocycles. The number of hydrogen-bond acceptors (Lipinski definition) is 2. The first-order valence-corrected chi connectivity index (χ1v) is 3.74. The lowest BCUT2D eigenvalue weighted by molar-refractivity contribution is 0.0691. The normalized spacial score (nSPS) is 12.8. The van der Waals surface area contributed by atoms with E-state index < -0.39 is 5.97 Å². The monoisotopic (exact) mass is 168 g/mol. The molecule has 0 aliphatic rings. The Kier molecular flexibility index (Phi) is 2.50. The van der Waals surface area contributed by atoms with Crippen molar-refractivity contribution in [3.63, 3.8) is 0 Å². The summed E-state index contributed by atoms with van der Waals surface area (Å²) in [6, 6.07) is 3.48. The maximum Gasteiger partial charge on any atom is 0.352 e. The van der Waals surface area contributed by atoms with Crippen LogP contribution in [-0.2, 0) is 0 Å². The second-order valence-corrected chi connectivity index (χ2v) is 2.64. The number of nitrogens with one attached hydrogen (secondary N) is 2. The summed E-state index contributed by atoms with van der Waals surface area (Å²) in [5, 5.41) is 11.6. The highest BCUT2D eigenvalue weighted by Crippen LogP contribution is 2.10. The van der Waals surface area contributed by atoms with Crippen molar-refractivity contribution in [2.24, 2.45) is 0 Å². The van der Waals surface area contributed by atoms with E-state index in [1.807, 2.05) is 14.0 Å². The quantitative estimate of drug-likeness (QED) is 0.630. The van der Waals surface area contributed by atoms with Crippen LogP contribution in [0.25, 0.3) is 0 Å². The van der Waals surface area contributed by atoms with Crippen molar-refractivity contribution < 1.29 is 9.90 Å². The third-order valence-corrected chi connectivity index (χ3v) is 1.84. The molecule has 0 saturated carbocycles. The second kappa shape index (κ2) is 3.40. The van der Waals surface area contributed by atoms with E-state index in [1.165, 1.54) is 0 Å². The average molecular weight is 168 g/mol. The molecule has 1 atom stereocenters. The molecule has 0 aliphatic heterocycles. The number of aromatic carboxylic acids is 1. The Hall–Kier alpha value is -1.29. The SMILES string of the molecule is CNC(C)c1ccc(C(=O)O)[nH]1. The van der Waals surface area contributed by atoms with Crippen molar-refractivity contribution >= 4 is 5.97 Å². The van der Waals surface area contributed by atoms with Gasteiger partial charge < -0.3 is 15.4 Å². The Morgan fingerprint density at radius 2 is 2.33 bits per heavy atom. The summed E-state index contributed by atoms with van der Waals surface area (Å²) in [7, 11) is 1.83. The third-order valence-electron chi connectivity index (χ3n) is 1.84. The van der Waals surface area contributed by atoms with E-state index in [-0.39, 0.29) is 11.7 Å². The molecular formula is C8H12N2O2. The Labute approximate surface area is 70.6 Å². The van der Waals surface area contributed by atoms with E-state index in [4.69, 9.17) is 5.11 Å². The van der Waals surface area contributed by atoms with Crippen LogP contribution in [0.1, 0.15) is 29.1 Å². The van der Waals surface area contributed by atoms with Crippen molar-refractivity contribution in [1.82, 2.24) is 10.3 Å². The largest absolute Gasteiger partial charge is 0.477 e. The van der Waals surface area contributed by atoms with Crippen molar-refractivity contribution in [3.05, 3.63) is 23.5 Å². The minimum Gasteiger partial charge on any atom is -0.477 e. The lowest BCUT2D eigenvalue weighted by Gasteiger charge is -2.06. The first-order valence-electron chi connectivity index (χ1n) is 3.74. The van der Waals surface area contributed by atoms with Crippen LogP contribution in [0.5, 0.6) is 0 Å². The average Bonchev–Trinajstić information content (AvgIpc) is 2.51. The van der Waals surface area contributed by atoms with Gasteiger partial charge in [-0.05, 0) is 26.1 Å². The zero-order valence-corrected chi connectivity index (χ0v) is 7.09. The standard InChI is InChI=1S/C8H12N2O2/c1-5(9-2)6-3-4-7(10-6)8(11)12/h3-5,9-10H,1-2H3,(H,11,12). The molecule has 12 heavy (non-hydrogen) atoms. The molecular weight excluding hydrogens is 156 g/mol. The fourth-order valence-electron chi connectivity index (χ4n) is 0.945. The van der Waals surface area contributed by atoms with Gasteiger partial charge in [0.1, 0.15) is 5.69 Å². The summed E-state index contributed by atoms with van der Waals surface area (Å²) in [5.74, 6) is -0.926. The fourth-order valence-corrected chi connectivity index (χ4v) is 0.945. The van der Waals surface area contributed by atoms with Crippen molar-refractivity contribution in [2.45, 2.75) is 13.0 Å². The molecule has 1 unspecified atom stereocenters.